The van der Waals surface area contributed by atoms with Gasteiger partial charge in [0.2, 0.25) is 0 Å². The summed E-state index contributed by atoms with van der Waals surface area (Å²) < 4.78 is 76.9. The number of nitrogens with zero attached hydrogens (tertiary/aromatic N) is 1. The molecule has 0 radical (unpaired) electrons. The fourth-order valence-electron chi connectivity index (χ4n) is 1.93. The summed E-state index contributed by atoms with van der Waals surface area (Å²) in [5.41, 5.74) is -2.65. The van der Waals surface area contributed by atoms with Gasteiger partial charge < -0.3 is 0 Å². The van der Waals surface area contributed by atoms with Crippen molar-refractivity contribution in [2.75, 3.05) is 0 Å². The van der Waals surface area contributed by atoms with E-state index in [0.717, 1.165) is 12.1 Å². The van der Waals surface area contributed by atoms with Crippen LogP contribution in [0.25, 0.3) is 5.57 Å². The fraction of sp³-hybridized carbons (Fsp3) is 0.308. The smallest absolute Gasteiger partial charge is 0.247 e. The zero-order chi connectivity index (χ0) is 15.1. The van der Waals surface area contributed by atoms with Crippen LogP contribution in [-0.4, -0.2) is 11.9 Å². The lowest BCUT2D eigenvalue weighted by Crippen LogP contribution is -2.22. The zero-order valence-corrected chi connectivity index (χ0v) is 10.2. The predicted molar refractivity (Wildman–Crippen MR) is 62.9 cm³/mol. The molecule has 1 heterocycles. The lowest BCUT2D eigenvalue weighted by atomic mass is 10.0. The molecule has 20 heavy (non-hydrogen) atoms. The van der Waals surface area contributed by atoms with E-state index in [2.05, 4.69) is 4.99 Å². The van der Waals surface area contributed by atoms with Crippen LogP contribution in [0.4, 0.5) is 32.0 Å². The number of hydrogen-bond acceptors (Lipinski definition) is 1. The molecule has 0 unspecified atom stereocenters. The highest BCUT2D eigenvalue weighted by molar-refractivity contribution is 5.97. The highest BCUT2D eigenvalue weighted by atomic mass is 19.4. The molecule has 0 fully saturated rings. The molecule has 0 aromatic heterocycles. The third-order valence-electron chi connectivity index (χ3n) is 2.94. The van der Waals surface area contributed by atoms with Gasteiger partial charge in [-0.1, -0.05) is 18.2 Å². The number of hydrogen-bond donors (Lipinski definition) is 0. The molecule has 1 aliphatic heterocycles. The van der Waals surface area contributed by atoms with Gasteiger partial charge in [-0.3, -0.25) is 0 Å². The Hall–Kier alpha value is -1.79. The van der Waals surface area contributed by atoms with Gasteiger partial charge in [0, 0.05) is 12.0 Å². The second-order valence-electron chi connectivity index (χ2n) is 4.35. The number of para-hydroxylation sites is 1. The number of rotatable bonds is 0. The number of alkyl halides is 6. The molecule has 1 aliphatic rings. The van der Waals surface area contributed by atoms with Crippen molar-refractivity contribution in [1.82, 2.24) is 0 Å². The maximum absolute atomic E-state index is 12.9. The summed E-state index contributed by atoms with van der Waals surface area (Å²) in [6, 6.07) is 3.22. The second-order valence-corrected chi connectivity index (χ2v) is 4.35. The number of aliphatic imine (C=N–C) groups is 1. The molecule has 0 atom stereocenters. The van der Waals surface area contributed by atoms with Gasteiger partial charge in [-0.2, -0.15) is 26.3 Å². The monoisotopic (exact) mass is 293 g/mol. The first-order valence-corrected chi connectivity index (χ1v) is 5.63. The predicted octanol–water partition coefficient (Wildman–Crippen LogP) is 5.15. The molecule has 1 aromatic carbocycles. The molecular weight excluding hydrogens is 284 g/mol. The second kappa shape index (κ2) is 4.64. The van der Waals surface area contributed by atoms with Gasteiger partial charge in [-0.05, 0) is 18.6 Å². The molecule has 0 spiro atoms. The Balaban J connectivity index is 2.73. The first-order chi connectivity index (χ1) is 9.10. The van der Waals surface area contributed by atoms with Crippen molar-refractivity contribution in [3.63, 3.8) is 0 Å². The molecule has 7 heteroatoms. The molecule has 0 saturated carbocycles. The van der Waals surface area contributed by atoms with Crippen LogP contribution in [-0.2, 0) is 6.18 Å². The van der Waals surface area contributed by atoms with Crippen molar-refractivity contribution in [3.8, 4) is 0 Å². The standard InChI is InChI=1S/C13H9F6N/c1-7-5-6-10(13(17,18)19)20-11-8(7)3-2-4-9(11)12(14,15)16/h2-5H,6H2,1H3. The van der Waals surface area contributed by atoms with Gasteiger partial charge in [0.1, 0.15) is 5.71 Å². The molecule has 0 N–H and O–H groups in total. The zero-order valence-electron chi connectivity index (χ0n) is 10.2. The minimum atomic E-state index is -4.75. The largest absolute Gasteiger partial charge is 0.429 e. The Morgan fingerprint density at radius 2 is 1.65 bits per heavy atom. The van der Waals surface area contributed by atoms with Crippen LogP contribution in [0.1, 0.15) is 24.5 Å². The maximum Gasteiger partial charge on any atom is 0.429 e. The Morgan fingerprint density at radius 3 is 2.20 bits per heavy atom. The molecule has 0 amide bonds. The van der Waals surface area contributed by atoms with Crippen molar-refractivity contribution in [3.05, 3.63) is 35.4 Å². The van der Waals surface area contributed by atoms with E-state index in [1.165, 1.54) is 19.1 Å². The van der Waals surface area contributed by atoms with Crippen LogP contribution in [0.15, 0.2) is 29.3 Å². The van der Waals surface area contributed by atoms with Gasteiger partial charge in [0.15, 0.2) is 0 Å². The molecule has 2 rings (SSSR count). The van der Waals surface area contributed by atoms with Gasteiger partial charge in [0.25, 0.3) is 0 Å². The average Bonchev–Trinajstić information content (AvgIpc) is 2.47. The minimum Gasteiger partial charge on any atom is -0.247 e. The van der Waals surface area contributed by atoms with Crippen LogP contribution < -0.4 is 0 Å². The highest BCUT2D eigenvalue weighted by Crippen LogP contribution is 2.42. The van der Waals surface area contributed by atoms with E-state index in [-0.39, 0.29) is 5.56 Å². The van der Waals surface area contributed by atoms with E-state index in [1.54, 1.807) is 0 Å². The van der Waals surface area contributed by atoms with Crippen molar-refractivity contribution < 1.29 is 26.3 Å². The summed E-state index contributed by atoms with van der Waals surface area (Å²) in [7, 11) is 0. The molecule has 1 aromatic rings. The molecule has 108 valence electrons. The number of halogens is 6. The highest BCUT2D eigenvalue weighted by Gasteiger charge is 2.39. The lowest BCUT2D eigenvalue weighted by Gasteiger charge is -2.14. The van der Waals surface area contributed by atoms with E-state index in [9.17, 15) is 26.3 Å². The number of benzene rings is 1. The Labute approximate surface area is 110 Å². The van der Waals surface area contributed by atoms with E-state index >= 15 is 0 Å². The fourth-order valence-corrected chi connectivity index (χ4v) is 1.93. The number of allylic oxidation sites excluding steroid dienone is 2. The minimum absolute atomic E-state index is 0.0686. The number of fused-ring (bicyclic) bond motifs is 1. The average molecular weight is 293 g/mol. The van der Waals surface area contributed by atoms with E-state index < -0.39 is 35.7 Å². The first kappa shape index (κ1) is 14.6. The summed E-state index contributed by atoms with van der Waals surface area (Å²) in [4.78, 5) is 3.25. The topological polar surface area (TPSA) is 12.4 Å². The van der Waals surface area contributed by atoms with Gasteiger partial charge in [0.05, 0.1) is 11.3 Å². The van der Waals surface area contributed by atoms with Crippen LogP contribution in [0, 0.1) is 0 Å². The molecule has 1 nitrogen and oxygen atoms in total. The summed E-state index contributed by atoms with van der Waals surface area (Å²) in [6.45, 7) is 1.47. The van der Waals surface area contributed by atoms with E-state index in [4.69, 9.17) is 0 Å². The van der Waals surface area contributed by atoms with Crippen LogP contribution in [0.5, 0.6) is 0 Å². The molecule has 0 aliphatic carbocycles. The summed E-state index contributed by atoms with van der Waals surface area (Å²) in [5.74, 6) is 0. The maximum atomic E-state index is 12.9. The van der Waals surface area contributed by atoms with Crippen molar-refractivity contribution in [2.45, 2.75) is 25.7 Å². The third kappa shape index (κ3) is 2.71. The first-order valence-electron chi connectivity index (χ1n) is 5.63. The van der Waals surface area contributed by atoms with Crippen molar-refractivity contribution in [2.24, 2.45) is 4.99 Å². The normalized spacial score (nSPS) is 16.1. The lowest BCUT2D eigenvalue weighted by molar-refractivity contribution is -0.137. The summed E-state index contributed by atoms with van der Waals surface area (Å²) in [6.07, 6.45) is -8.81. The summed E-state index contributed by atoms with van der Waals surface area (Å²) in [5, 5.41) is 0. The quantitative estimate of drug-likeness (QED) is 0.587. The van der Waals surface area contributed by atoms with Crippen molar-refractivity contribution >= 4 is 17.0 Å². The third-order valence-corrected chi connectivity index (χ3v) is 2.94. The van der Waals surface area contributed by atoms with Gasteiger partial charge in [-0.25, -0.2) is 4.99 Å². The van der Waals surface area contributed by atoms with Crippen LogP contribution >= 0.6 is 0 Å². The Bertz CT molecular complexity index is 592. The van der Waals surface area contributed by atoms with Crippen LogP contribution in [0.3, 0.4) is 0 Å². The molecule has 0 bridgehead atoms. The Morgan fingerprint density at radius 1 is 1.00 bits per heavy atom. The van der Waals surface area contributed by atoms with Crippen molar-refractivity contribution in [1.29, 1.82) is 0 Å². The van der Waals surface area contributed by atoms with E-state index in [0.29, 0.717) is 5.57 Å². The van der Waals surface area contributed by atoms with Gasteiger partial charge in [-0.15, -0.1) is 0 Å². The SMILES string of the molecule is CC1=CCC(C(F)(F)F)=Nc2c1cccc2C(F)(F)F. The molecular formula is C13H9F6N. The summed E-state index contributed by atoms with van der Waals surface area (Å²) >= 11 is 0. The molecule has 0 saturated heterocycles. The van der Waals surface area contributed by atoms with E-state index in [1.807, 2.05) is 0 Å². The Kier molecular flexibility index (Phi) is 3.39. The van der Waals surface area contributed by atoms with Gasteiger partial charge >= 0.3 is 12.4 Å². The van der Waals surface area contributed by atoms with Crippen LogP contribution in [0.2, 0.25) is 0 Å².